The zero-order chi connectivity index (χ0) is 6.36. The van der Waals surface area contributed by atoms with Crippen LogP contribution in [0.3, 0.4) is 0 Å². The molecule has 0 aromatic heterocycles. The molecule has 0 aromatic carbocycles. The summed E-state index contributed by atoms with van der Waals surface area (Å²) in [7, 11) is 0. The van der Waals surface area contributed by atoms with Crippen LogP contribution in [-0.2, 0) is 0 Å². The van der Waals surface area contributed by atoms with Gasteiger partial charge in [-0.3, -0.25) is 0 Å². The van der Waals surface area contributed by atoms with Gasteiger partial charge in [0.05, 0.1) is 6.42 Å². The zero-order valence-corrected chi connectivity index (χ0v) is 3.74. The summed E-state index contributed by atoms with van der Waals surface area (Å²) in [5, 5.41) is 0. The summed E-state index contributed by atoms with van der Waals surface area (Å²) >= 11 is 0. The summed E-state index contributed by atoms with van der Waals surface area (Å²) < 4.78 is 46.1. The predicted octanol–water partition coefficient (Wildman–Crippen LogP) is 1.52. The van der Waals surface area contributed by atoms with Gasteiger partial charge in [0.15, 0.2) is 6.17 Å². The monoisotopic (exact) mass is 127 g/mol. The fraction of sp³-hybridized carbons (Fsp3) is 0.750. The van der Waals surface area contributed by atoms with Crippen molar-refractivity contribution in [3.05, 3.63) is 6.42 Å². The third kappa shape index (κ3) is 0.588. The molecule has 2 atom stereocenters. The highest BCUT2D eigenvalue weighted by molar-refractivity contribution is 5.12. The molecule has 0 bridgehead atoms. The molecule has 47 valence electrons. The van der Waals surface area contributed by atoms with E-state index in [0.717, 1.165) is 0 Å². The smallest absolute Gasteiger partial charge is 0.243 e. The van der Waals surface area contributed by atoms with Crippen LogP contribution in [0.1, 0.15) is 0 Å². The molecule has 0 heterocycles. The van der Waals surface area contributed by atoms with Crippen molar-refractivity contribution in [2.45, 2.75) is 18.3 Å². The van der Waals surface area contributed by atoms with Crippen molar-refractivity contribution in [1.29, 1.82) is 0 Å². The lowest BCUT2D eigenvalue weighted by Crippen LogP contribution is -2.52. The van der Waals surface area contributed by atoms with E-state index in [2.05, 4.69) is 0 Å². The second kappa shape index (κ2) is 1.36. The van der Waals surface area contributed by atoms with Gasteiger partial charge < -0.3 is 0 Å². The van der Waals surface area contributed by atoms with E-state index in [0.29, 0.717) is 0 Å². The maximum atomic E-state index is 11.5. The van der Waals surface area contributed by atoms with E-state index in [4.69, 9.17) is 0 Å². The SMILES string of the molecule is FC1[CH]C(F)(F)C1F. The van der Waals surface area contributed by atoms with Gasteiger partial charge in [0.25, 0.3) is 5.92 Å². The van der Waals surface area contributed by atoms with Gasteiger partial charge in [-0.05, 0) is 0 Å². The number of alkyl halides is 4. The third-order valence-electron chi connectivity index (χ3n) is 1.03. The van der Waals surface area contributed by atoms with E-state index >= 15 is 0 Å². The fourth-order valence-corrected chi connectivity index (χ4v) is 0.482. The second-order valence-corrected chi connectivity index (χ2v) is 1.69. The van der Waals surface area contributed by atoms with Crippen molar-refractivity contribution in [2.24, 2.45) is 0 Å². The molecule has 0 saturated heterocycles. The quantitative estimate of drug-likeness (QED) is 0.433. The first-order chi connectivity index (χ1) is 3.54. The minimum atomic E-state index is -3.51. The fourth-order valence-electron chi connectivity index (χ4n) is 0.482. The summed E-state index contributed by atoms with van der Waals surface area (Å²) in [6, 6.07) is 0. The van der Waals surface area contributed by atoms with E-state index in [1.165, 1.54) is 0 Å². The largest absolute Gasteiger partial charge is 0.287 e. The Morgan fingerprint density at radius 2 is 1.75 bits per heavy atom. The van der Waals surface area contributed by atoms with Crippen LogP contribution in [0.4, 0.5) is 17.6 Å². The second-order valence-electron chi connectivity index (χ2n) is 1.69. The molecule has 1 rings (SSSR count). The van der Waals surface area contributed by atoms with E-state index in [1.807, 2.05) is 0 Å². The Hall–Kier alpha value is -0.280. The van der Waals surface area contributed by atoms with Gasteiger partial charge in [-0.15, -0.1) is 0 Å². The first-order valence-corrected chi connectivity index (χ1v) is 2.06. The van der Waals surface area contributed by atoms with Crippen LogP contribution in [0.25, 0.3) is 0 Å². The van der Waals surface area contributed by atoms with Crippen molar-refractivity contribution in [1.82, 2.24) is 0 Å². The molecule has 8 heavy (non-hydrogen) atoms. The summed E-state index contributed by atoms with van der Waals surface area (Å²) in [6.45, 7) is 0. The highest BCUT2D eigenvalue weighted by Crippen LogP contribution is 2.40. The van der Waals surface area contributed by atoms with Crippen molar-refractivity contribution >= 4 is 0 Å². The van der Waals surface area contributed by atoms with E-state index in [-0.39, 0.29) is 6.42 Å². The summed E-state index contributed by atoms with van der Waals surface area (Å²) in [5.74, 6) is -3.51. The van der Waals surface area contributed by atoms with Crippen LogP contribution < -0.4 is 0 Å². The Kier molecular flexibility index (Phi) is 0.994. The lowest BCUT2D eigenvalue weighted by Gasteiger charge is -2.32. The minimum Gasteiger partial charge on any atom is -0.243 e. The molecule has 1 fully saturated rings. The molecule has 1 aliphatic carbocycles. The average Bonchev–Trinajstić information content (AvgIpc) is 1.65. The lowest BCUT2D eigenvalue weighted by atomic mass is 9.90. The maximum Gasteiger partial charge on any atom is 0.287 e. The van der Waals surface area contributed by atoms with Gasteiger partial charge in [0.2, 0.25) is 0 Å². The Bertz CT molecular complexity index is 100. The molecule has 0 aromatic rings. The van der Waals surface area contributed by atoms with Crippen LogP contribution in [0.15, 0.2) is 0 Å². The topological polar surface area (TPSA) is 0 Å². The van der Waals surface area contributed by atoms with Crippen LogP contribution in [0.2, 0.25) is 0 Å². The van der Waals surface area contributed by atoms with Gasteiger partial charge >= 0.3 is 0 Å². The van der Waals surface area contributed by atoms with Gasteiger partial charge in [0, 0.05) is 0 Å². The average molecular weight is 127 g/mol. The van der Waals surface area contributed by atoms with Crippen molar-refractivity contribution in [3.63, 3.8) is 0 Å². The van der Waals surface area contributed by atoms with E-state index in [1.54, 1.807) is 0 Å². The first kappa shape index (κ1) is 5.85. The predicted molar refractivity (Wildman–Crippen MR) is 19.0 cm³/mol. The van der Waals surface area contributed by atoms with Gasteiger partial charge in [-0.1, -0.05) is 0 Å². The molecule has 0 nitrogen and oxygen atoms in total. The van der Waals surface area contributed by atoms with Crippen LogP contribution in [0, 0.1) is 6.42 Å². The Labute approximate surface area is 43.5 Å². The normalized spacial score (nSPS) is 43.5. The van der Waals surface area contributed by atoms with E-state index < -0.39 is 18.3 Å². The molecule has 0 spiro atoms. The Morgan fingerprint density at radius 1 is 1.25 bits per heavy atom. The lowest BCUT2D eigenvalue weighted by molar-refractivity contribution is -0.134. The molecule has 0 amide bonds. The van der Waals surface area contributed by atoms with Crippen LogP contribution in [0.5, 0.6) is 0 Å². The molecule has 0 N–H and O–H groups in total. The molecule has 2 unspecified atom stereocenters. The van der Waals surface area contributed by atoms with Crippen molar-refractivity contribution < 1.29 is 17.6 Å². The number of rotatable bonds is 0. The summed E-state index contributed by atoms with van der Waals surface area (Å²) in [6.07, 6.45) is -4.62. The molecule has 1 aliphatic rings. The third-order valence-corrected chi connectivity index (χ3v) is 1.03. The number of hydrogen-bond acceptors (Lipinski definition) is 0. The van der Waals surface area contributed by atoms with E-state index in [9.17, 15) is 17.6 Å². The van der Waals surface area contributed by atoms with Crippen molar-refractivity contribution in [3.8, 4) is 0 Å². The molecular weight excluding hydrogens is 124 g/mol. The molecular formula is C4H3F4. The number of halogens is 4. The summed E-state index contributed by atoms with van der Waals surface area (Å²) in [4.78, 5) is 0. The molecule has 1 saturated carbocycles. The highest BCUT2D eigenvalue weighted by Gasteiger charge is 2.58. The maximum absolute atomic E-state index is 11.5. The molecule has 0 aliphatic heterocycles. The zero-order valence-electron chi connectivity index (χ0n) is 3.74. The Morgan fingerprint density at radius 3 is 1.75 bits per heavy atom. The minimum absolute atomic E-state index is 0.0532. The molecule has 1 radical (unpaired) electrons. The van der Waals surface area contributed by atoms with Gasteiger partial charge in [-0.2, -0.15) is 0 Å². The van der Waals surface area contributed by atoms with Crippen LogP contribution in [-0.4, -0.2) is 18.3 Å². The number of hydrogen-bond donors (Lipinski definition) is 0. The standard InChI is InChI=1S/C4H3F4/c5-2-1-4(7,8)3(2)6/h1-3H. The van der Waals surface area contributed by atoms with Gasteiger partial charge in [0.1, 0.15) is 6.17 Å². The summed E-state index contributed by atoms with van der Waals surface area (Å²) in [5.41, 5.74) is 0. The van der Waals surface area contributed by atoms with Gasteiger partial charge in [-0.25, -0.2) is 17.6 Å². The highest BCUT2D eigenvalue weighted by atomic mass is 19.3. The van der Waals surface area contributed by atoms with Crippen molar-refractivity contribution in [2.75, 3.05) is 0 Å². The molecule has 4 heteroatoms. The Balaban J connectivity index is 2.47. The first-order valence-electron chi connectivity index (χ1n) is 2.06. The van der Waals surface area contributed by atoms with Crippen LogP contribution >= 0.6 is 0 Å².